The number of hydrogen-bond donors (Lipinski definition) is 1. The lowest BCUT2D eigenvalue weighted by atomic mass is 10.1. The Bertz CT molecular complexity index is 915. The van der Waals surface area contributed by atoms with Crippen molar-refractivity contribution in [3.05, 3.63) is 42.5 Å². The predicted molar refractivity (Wildman–Crippen MR) is 120 cm³/mol. The van der Waals surface area contributed by atoms with Crippen LogP contribution in [-0.4, -0.2) is 38.7 Å². The lowest BCUT2D eigenvalue weighted by Gasteiger charge is -2.20. The van der Waals surface area contributed by atoms with Crippen LogP contribution in [0.3, 0.4) is 0 Å². The fraction of sp³-hybridized carbons (Fsp3) is 0.417. The summed E-state index contributed by atoms with van der Waals surface area (Å²) in [5.74, 6) is 1.05. The molecule has 0 aliphatic carbocycles. The van der Waals surface area contributed by atoms with Gasteiger partial charge in [-0.1, -0.05) is 25.5 Å². The number of methoxy groups -OCH3 is 1. The number of nitrogens with one attached hydrogen (secondary N) is 1. The average Bonchev–Trinajstić information content (AvgIpc) is 3.17. The molecule has 3 rings (SSSR count). The van der Waals surface area contributed by atoms with Gasteiger partial charge in [0.25, 0.3) is 0 Å². The van der Waals surface area contributed by atoms with Crippen LogP contribution in [0, 0.1) is 5.92 Å². The number of para-hydroxylation sites is 2. The van der Waals surface area contributed by atoms with Crippen molar-refractivity contribution in [1.29, 1.82) is 0 Å². The molecule has 0 saturated carbocycles. The van der Waals surface area contributed by atoms with Crippen molar-refractivity contribution in [2.75, 3.05) is 37.1 Å². The first-order chi connectivity index (χ1) is 15.1. The Morgan fingerprint density at radius 3 is 2.68 bits per heavy atom. The second-order valence-corrected chi connectivity index (χ2v) is 7.36. The zero-order valence-corrected chi connectivity index (χ0v) is 18.3. The number of ether oxygens (including phenoxy) is 3. The van der Waals surface area contributed by atoms with Crippen LogP contribution in [0.4, 0.5) is 11.4 Å². The summed E-state index contributed by atoms with van der Waals surface area (Å²) in [6.07, 6.45) is 2.08. The summed E-state index contributed by atoms with van der Waals surface area (Å²) in [6, 6.07) is 12.7. The largest absolute Gasteiger partial charge is 0.497 e. The van der Waals surface area contributed by atoms with Crippen molar-refractivity contribution in [3.8, 4) is 17.2 Å². The molecule has 0 bridgehead atoms. The maximum absolute atomic E-state index is 13.0. The molecule has 166 valence electrons. The Labute approximate surface area is 183 Å². The zero-order chi connectivity index (χ0) is 22.2. The molecule has 1 fully saturated rings. The lowest BCUT2D eigenvalue weighted by Crippen LogP contribution is -2.28. The molecule has 1 N–H and O–H groups in total. The van der Waals surface area contributed by atoms with Crippen LogP contribution >= 0.6 is 0 Å². The topological polar surface area (TPSA) is 77.1 Å². The molecule has 0 radical (unpaired) electrons. The normalized spacial score (nSPS) is 15.6. The molecule has 0 spiro atoms. The van der Waals surface area contributed by atoms with Gasteiger partial charge in [0.2, 0.25) is 11.8 Å². The van der Waals surface area contributed by atoms with Crippen molar-refractivity contribution >= 4 is 23.2 Å². The third kappa shape index (κ3) is 5.48. The van der Waals surface area contributed by atoms with Crippen molar-refractivity contribution in [1.82, 2.24) is 0 Å². The molecule has 1 aliphatic heterocycles. The van der Waals surface area contributed by atoms with Gasteiger partial charge in [-0.15, -0.1) is 0 Å². The van der Waals surface area contributed by atoms with Crippen molar-refractivity contribution < 1.29 is 23.8 Å². The molecule has 1 aliphatic rings. The second kappa shape index (κ2) is 10.7. The van der Waals surface area contributed by atoms with Crippen molar-refractivity contribution in [2.24, 2.45) is 5.92 Å². The lowest BCUT2D eigenvalue weighted by molar-refractivity contribution is -0.122. The number of amides is 2. The minimum absolute atomic E-state index is 0.0997. The van der Waals surface area contributed by atoms with E-state index in [1.807, 2.05) is 31.2 Å². The van der Waals surface area contributed by atoms with Gasteiger partial charge in [0.1, 0.15) is 17.2 Å². The Kier molecular flexibility index (Phi) is 7.76. The molecular formula is C24H30N2O5. The average molecular weight is 427 g/mol. The summed E-state index contributed by atoms with van der Waals surface area (Å²) >= 11 is 0. The molecule has 1 heterocycles. The summed E-state index contributed by atoms with van der Waals surface area (Å²) in [5.41, 5.74) is 1.23. The standard InChI is InChI=1S/C24H30N2O5/c1-4-6-13-31-21-12-11-18(29-3)15-19(21)25-24(28)17-14-23(27)26(16-17)20-9-7-8-10-22(20)30-5-2/h7-12,15,17H,4-6,13-14,16H2,1-3H3,(H,25,28). The second-order valence-electron chi connectivity index (χ2n) is 7.36. The fourth-order valence-electron chi connectivity index (χ4n) is 3.49. The minimum atomic E-state index is -0.475. The Morgan fingerprint density at radius 1 is 1.13 bits per heavy atom. The first-order valence-electron chi connectivity index (χ1n) is 10.7. The van der Waals surface area contributed by atoms with Gasteiger partial charge in [-0.2, -0.15) is 0 Å². The van der Waals surface area contributed by atoms with Crippen LogP contribution in [0.2, 0.25) is 0 Å². The van der Waals surface area contributed by atoms with Crippen molar-refractivity contribution in [3.63, 3.8) is 0 Å². The molecular weight excluding hydrogens is 396 g/mol. The number of benzene rings is 2. The fourth-order valence-corrected chi connectivity index (χ4v) is 3.49. The van der Waals surface area contributed by atoms with E-state index in [-0.39, 0.29) is 18.2 Å². The summed E-state index contributed by atoms with van der Waals surface area (Å²) in [5, 5.41) is 2.93. The van der Waals surface area contributed by atoms with Crippen molar-refractivity contribution in [2.45, 2.75) is 33.1 Å². The quantitative estimate of drug-likeness (QED) is 0.574. The van der Waals surface area contributed by atoms with Gasteiger partial charge in [0, 0.05) is 19.0 Å². The highest BCUT2D eigenvalue weighted by Gasteiger charge is 2.36. The van der Waals surface area contributed by atoms with E-state index in [4.69, 9.17) is 14.2 Å². The zero-order valence-electron chi connectivity index (χ0n) is 18.3. The van der Waals surface area contributed by atoms with Gasteiger partial charge >= 0.3 is 0 Å². The minimum Gasteiger partial charge on any atom is -0.497 e. The van der Waals surface area contributed by atoms with Gasteiger partial charge in [-0.25, -0.2) is 0 Å². The van der Waals surface area contributed by atoms with Crippen LogP contribution in [0.1, 0.15) is 33.1 Å². The monoisotopic (exact) mass is 426 g/mol. The third-order valence-corrected chi connectivity index (χ3v) is 5.15. The highest BCUT2D eigenvalue weighted by atomic mass is 16.5. The number of unbranched alkanes of at least 4 members (excludes halogenated alkanes) is 1. The molecule has 0 aromatic heterocycles. The number of carbonyl (C=O) groups is 2. The number of nitrogens with zero attached hydrogens (tertiary/aromatic N) is 1. The SMILES string of the molecule is CCCCOc1ccc(OC)cc1NC(=O)C1CC(=O)N(c2ccccc2OCC)C1. The summed E-state index contributed by atoms with van der Waals surface area (Å²) in [7, 11) is 1.57. The molecule has 2 aromatic carbocycles. The van der Waals surface area contributed by atoms with Gasteiger partial charge in [-0.05, 0) is 37.6 Å². The maximum Gasteiger partial charge on any atom is 0.229 e. The van der Waals surface area contributed by atoms with Gasteiger partial charge in [0.05, 0.1) is 37.6 Å². The van der Waals surface area contributed by atoms with E-state index < -0.39 is 5.92 Å². The van der Waals surface area contributed by atoms with Gasteiger partial charge in [0.15, 0.2) is 0 Å². The molecule has 2 amide bonds. The van der Waals surface area contributed by atoms with E-state index in [0.717, 1.165) is 12.8 Å². The highest BCUT2D eigenvalue weighted by Crippen LogP contribution is 2.34. The molecule has 2 aromatic rings. The summed E-state index contributed by atoms with van der Waals surface area (Å²) < 4.78 is 16.8. The number of carbonyl (C=O) groups excluding carboxylic acids is 2. The molecule has 7 heteroatoms. The number of anilines is 2. The van der Waals surface area contributed by atoms with Crippen LogP contribution in [0.25, 0.3) is 0 Å². The van der Waals surface area contributed by atoms with E-state index in [1.165, 1.54) is 0 Å². The van der Waals surface area contributed by atoms with E-state index >= 15 is 0 Å². The maximum atomic E-state index is 13.0. The number of rotatable bonds is 10. The van der Waals surface area contributed by atoms with Crippen LogP contribution in [-0.2, 0) is 9.59 Å². The Hall–Kier alpha value is -3.22. The third-order valence-electron chi connectivity index (χ3n) is 5.15. The van der Waals surface area contributed by atoms with E-state index in [1.54, 1.807) is 30.2 Å². The Morgan fingerprint density at radius 2 is 1.94 bits per heavy atom. The Balaban J connectivity index is 1.74. The molecule has 31 heavy (non-hydrogen) atoms. The van der Waals surface area contributed by atoms with Crippen LogP contribution in [0.5, 0.6) is 17.2 Å². The first-order valence-corrected chi connectivity index (χ1v) is 10.7. The number of hydrogen-bond acceptors (Lipinski definition) is 5. The molecule has 1 unspecified atom stereocenters. The van der Waals surface area contributed by atoms with Gasteiger partial charge < -0.3 is 24.4 Å². The first kappa shape index (κ1) is 22.5. The van der Waals surface area contributed by atoms with E-state index in [9.17, 15) is 9.59 Å². The van der Waals surface area contributed by atoms with Gasteiger partial charge in [-0.3, -0.25) is 9.59 Å². The summed E-state index contributed by atoms with van der Waals surface area (Å²) in [6.45, 7) is 5.35. The predicted octanol–water partition coefficient (Wildman–Crippen LogP) is 4.26. The van der Waals surface area contributed by atoms with Crippen LogP contribution in [0.15, 0.2) is 42.5 Å². The smallest absolute Gasteiger partial charge is 0.229 e. The molecule has 7 nitrogen and oxygen atoms in total. The van der Waals surface area contributed by atoms with E-state index in [0.29, 0.717) is 48.4 Å². The summed E-state index contributed by atoms with van der Waals surface area (Å²) in [4.78, 5) is 27.3. The van der Waals surface area contributed by atoms with E-state index in [2.05, 4.69) is 12.2 Å². The molecule has 1 saturated heterocycles. The molecule has 1 atom stereocenters. The van der Waals surface area contributed by atoms with Crippen LogP contribution < -0.4 is 24.4 Å². The highest BCUT2D eigenvalue weighted by molar-refractivity contribution is 6.04.